The van der Waals surface area contributed by atoms with Crippen molar-refractivity contribution in [1.82, 2.24) is 4.98 Å². The Labute approximate surface area is 87.6 Å². The number of pyridine rings is 1. The van der Waals surface area contributed by atoms with E-state index < -0.39 is 0 Å². The maximum absolute atomic E-state index is 5.16. The van der Waals surface area contributed by atoms with Crippen LogP contribution in [0.3, 0.4) is 0 Å². The Morgan fingerprint density at radius 2 is 2.13 bits per heavy atom. The molecule has 0 fully saturated rings. The van der Waals surface area contributed by atoms with E-state index in [0.717, 1.165) is 16.5 Å². The van der Waals surface area contributed by atoms with Crippen LogP contribution in [-0.2, 0) is 11.4 Å². The average Bonchev–Trinajstić information content (AvgIpc) is 2.28. The fourth-order valence-electron chi connectivity index (χ4n) is 1.51. The lowest BCUT2D eigenvalue weighted by Gasteiger charge is -2.07. The number of benzene rings is 1. The van der Waals surface area contributed by atoms with Gasteiger partial charge in [0, 0.05) is 10.9 Å². The first-order chi connectivity index (χ1) is 7.35. The molecule has 4 nitrogen and oxygen atoms in total. The van der Waals surface area contributed by atoms with E-state index in [9.17, 15) is 0 Å². The van der Waals surface area contributed by atoms with Gasteiger partial charge in [-0.05, 0) is 12.1 Å². The van der Waals surface area contributed by atoms with Gasteiger partial charge in [-0.1, -0.05) is 18.2 Å². The third-order valence-corrected chi connectivity index (χ3v) is 2.20. The first-order valence-electron chi connectivity index (χ1n) is 4.59. The maximum atomic E-state index is 5.16. The Morgan fingerprint density at radius 3 is 2.87 bits per heavy atom. The summed E-state index contributed by atoms with van der Waals surface area (Å²) in [6.45, 7) is 0.293. The molecule has 1 aromatic heterocycles. The van der Waals surface area contributed by atoms with Crippen LogP contribution in [-0.4, -0.2) is 12.1 Å². The molecule has 78 valence electrons. The molecular formula is C11H12N2O2. The summed E-state index contributed by atoms with van der Waals surface area (Å²) in [4.78, 5) is 8.95. The fourth-order valence-corrected chi connectivity index (χ4v) is 1.51. The van der Waals surface area contributed by atoms with E-state index in [-0.39, 0.29) is 0 Å². The predicted octanol–water partition coefficient (Wildman–Crippen LogP) is 1.63. The van der Waals surface area contributed by atoms with Crippen LogP contribution in [0.15, 0.2) is 30.3 Å². The highest BCUT2D eigenvalue weighted by molar-refractivity contribution is 5.79. The molecule has 0 radical (unpaired) electrons. The molecule has 0 aliphatic carbocycles. The van der Waals surface area contributed by atoms with Crippen LogP contribution >= 0.6 is 0 Å². The lowest BCUT2D eigenvalue weighted by molar-refractivity contribution is 0.121. The van der Waals surface area contributed by atoms with Gasteiger partial charge in [-0.25, -0.2) is 10.9 Å². The van der Waals surface area contributed by atoms with Crippen LogP contribution in [0, 0.1) is 0 Å². The molecular weight excluding hydrogens is 192 g/mol. The Balaban J connectivity index is 2.58. The SMILES string of the molecule is COc1nc2ccccc2cc1CON. The van der Waals surface area contributed by atoms with Crippen molar-refractivity contribution in [1.29, 1.82) is 0 Å². The molecule has 2 aromatic rings. The minimum Gasteiger partial charge on any atom is -0.481 e. The van der Waals surface area contributed by atoms with Gasteiger partial charge in [0.1, 0.15) is 0 Å². The van der Waals surface area contributed by atoms with Gasteiger partial charge in [0.05, 0.1) is 19.2 Å². The first-order valence-corrected chi connectivity index (χ1v) is 4.59. The highest BCUT2D eigenvalue weighted by atomic mass is 16.6. The van der Waals surface area contributed by atoms with E-state index in [1.807, 2.05) is 30.3 Å². The Kier molecular flexibility index (Phi) is 2.80. The monoisotopic (exact) mass is 204 g/mol. The second-order valence-corrected chi connectivity index (χ2v) is 3.16. The van der Waals surface area contributed by atoms with Crippen molar-refractivity contribution in [2.24, 2.45) is 5.90 Å². The average molecular weight is 204 g/mol. The van der Waals surface area contributed by atoms with E-state index in [2.05, 4.69) is 9.82 Å². The fraction of sp³-hybridized carbons (Fsp3) is 0.182. The summed E-state index contributed by atoms with van der Waals surface area (Å²) in [6, 6.07) is 9.79. The highest BCUT2D eigenvalue weighted by Gasteiger charge is 2.06. The number of rotatable bonds is 3. The first kappa shape index (κ1) is 9.89. The lowest BCUT2D eigenvalue weighted by Crippen LogP contribution is -2.02. The molecule has 0 saturated carbocycles. The summed E-state index contributed by atoms with van der Waals surface area (Å²) in [5, 5.41) is 1.05. The van der Waals surface area contributed by atoms with E-state index in [0.29, 0.717) is 12.5 Å². The van der Waals surface area contributed by atoms with Gasteiger partial charge in [-0.3, -0.25) is 4.84 Å². The van der Waals surface area contributed by atoms with Crippen molar-refractivity contribution in [3.05, 3.63) is 35.9 Å². The van der Waals surface area contributed by atoms with Crippen molar-refractivity contribution < 1.29 is 9.57 Å². The molecule has 0 bridgehead atoms. The number of nitrogens with two attached hydrogens (primary N) is 1. The van der Waals surface area contributed by atoms with Gasteiger partial charge in [-0.15, -0.1) is 0 Å². The number of hydrogen-bond donors (Lipinski definition) is 1. The maximum Gasteiger partial charge on any atom is 0.219 e. The number of aromatic nitrogens is 1. The van der Waals surface area contributed by atoms with Gasteiger partial charge in [0.15, 0.2) is 0 Å². The smallest absolute Gasteiger partial charge is 0.219 e. The number of ether oxygens (including phenoxy) is 1. The molecule has 0 spiro atoms. The Hall–Kier alpha value is -1.65. The Bertz CT molecular complexity index is 471. The van der Waals surface area contributed by atoms with Crippen molar-refractivity contribution in [2.45, 2.75) is 6.61 Å². The number of fused-ring (bicyclic) bond motifs is 1. The zero-order valence-electron chi connectivity index (χ0n) is 8.43. The number of para-hydroxylation sites is 1. The highest BCUT2D eigenvalue weighted by Crippen LogP contribution is 2.22. The van der Waals surface area contributed by atoms with Gasteiger partial charge in [0.2, 0.25) is 5.88 Å². The van der Waals surface area contributed by atoms with E-state index >= 15 is 0 Å². The van der Waals surface area contributed by atoms with Gasteiger partial charge < -0.3 is 4.74 Å². The third-order valence-electron chi connectivity index (χ3n) is 2.20. The Morgan fingerprint density at radius 1 is 1.33 bits per heavy atom. The quantitative estimate of drug-likeness (QED) is 0.772. The van der Waals surface area contributed by atoms with Gasteiger partial charge in [0.25, 0.3) is 0 Å². The van der Waals surface area contributed by atoms with Gasteiger partial charge in [-0.2, -0.15) is 0 Å². The van der Waals surface area contributed by atoms with Crippen LogP contribution in [0.1, 0.15) is 5.56 Å². The standard InChI is InChI=1S/C11H12N2O2/c1-14-11-9(7-15-12)6-8-4-2-3-5-10(8)13-11/h2-6H,7,12H2,1H3. The zero-order valence-corrected chi connectivity index (χ0v) is 8.43. The predicted molar refractivity (Wildman–Crippen MR) is 57.3 cm³/mol. The van der Waals surface area contributed by atoms with Crippen molar-refractivity contribution >= 4 is 10.9 Å². The molecule has 0 unspecified atom stereocenters. The van der Waals surface area contributed by atoms with E-state index in [4.69, 9.17) is 10.6 Å². The molecule has 0 atom stereocenters. The van der Waals surface area contributed by atoms with Crippen molar-refractivity contribution in [3.8, 4) is 5.88 Å². The summed E-state index contributed by atoms with van der Waals surface area (Å²) >= 11 is 0. The molecule has 1 aromatic carbocycles. The van der Waals surface area contributed by atoms with Crippen LogP contribution < -0.4 is 10.6 Å². The summed E-state index contributed by atoms with van der Waals surface area (Å²) in [7, 11) is 1.58. The third kappa shape index (κ3) is 1.91. The topological polar surface area (TPSA) is 57.4 Å². The zero-order chi connectivity index (χ0) is 10.7. The number of nitrogens with zero attached hydrogens (tertiary/aromatic N) is 1. The summed E-state index contributed by atoms with van der Waals surface area (Å²) in [6.07, 6.45) is 0. The van der Waals surface area contributed by atoms with Crippen LogP contribution in [0.5, 0.6) is 5.88 Å². The van der Waals surface area contributed by atoms with E-state index in [1.165, 1.54) is 0 Å². The molecule has 2 N–H and O–H groups in total. The molecule has 0 aliphatic rings. The van der Waals surface area contributed by atoms with E-state index in [1.54, 1.807) is 7.11 Å². The number of hydrogen-bond acceptors (Lipinski definition) is 4. The largest absolute Gasteiger partial charge is 0.481 e. The molecule has 1 heterocycles. The van der Waals surface area contributed by atoms with Gasteiger partial charge >= 0.3 is 0 Å². The number of methoxy groups -OCH3 is 1. The lowest BCUT2D eigenvalue weighted by atomic mass is 10.1. The minimum absolute atomic E-state index is 0.293. The molecule has 0 aliphatic heterocycles. The molecule has 4 heteroatoms. The summed E-state index contributed by atoms with van der Waals surface area (Å²) < 4.78 is 5.16. The second-order valence-electron chi connectivity index (χ2n) is 3.16. The molecule has 15 heavy (non-hydrogen) atoms. The normalized spacial score (nSPS) is 10.5. The minimum atomic E-state index is 0.293. The van der Waals surface area contributed by atoms with Crippen LogP contribution in [0.25, 0.3) is 10.9 Å². The second kappa shape index (κ2) is 4.25. The molecule has 2 rings (SSSR count). The van der Waals surface area contributed by atoms with Crippen LogP contribution in [0.2, 0.25) is 0 Å². The van der Waals surface area contributed by atoms with Crippen molar-refractivity contribution in [2.75, 3.05) is 7.11 Å². The summed E-state index contributed by atoms with van der Waals surface area (Å²) in [5.41, 5.74) is 1.74. The van der Waals surface area contributed by atoms with Crippen LogP contribution in [0.4, 0.5) is 0 Å². The van der Waals surface area contributed by atoms with Crippen molar-refractivity contribution in [3.63, 3.8) is 0 Å². The molecule has 0 saturated heterocycles. The molecule has 0 amide bonds. The summed E-state index contributed by atoms with van der Waals surface area (Å²) in [5.74, 6) is 5.60.